The summed E-state index contributed by atoms with van der Waals surface area (Å²) in [5.74, 6) is 0. The van der Waals surface area contributed by atoms with Gasteiger partial charge in [0, 0.05) is 11.4 Å². The normalized spacial score (nSPS) is 2.57. The van der Waals surface area contributed by atoms with Crippen LogP contribution >= 0.6 is 24.4 Å². The van der Waals surface area contributed by atoms with E-state index in [0.29, 0.717) is 0 Å². The molecule has 1 N–H and O–H groups in total. The van der Waals surface area contributed by atoms with Gasteiger partial charge < -0.3 is 9.90 Å². The van der Waals surface area contributed by atoms with Gasteiger partial charge in [-0.1, -0.05) is 0 Å². The van der Waals surface area contributed by atoms with E-state index in [1.807, 2.05) is 11.1 Å². The van der Waals surface area contributed by atoms with Crippen molar-refractivity contribution in [1.82, 2.24) is 0 Å². The van der Waals surface area contributed by atoms with E-state index in [1.165, 1.54) is 0 Å². The largest absolute Gasteiger partial charge is 0.400 e. The van der Waals surface area contributed by atoms with Crippen molar-refractivity contribution in [3.05, 3.63) is 0 Å². The summed E-state index contributed by atoms with van der Waals surface area (Å²) in [6, 6.07) is 0. The minimum absolute atomic E-state index is 1.00. The molecule has 0 aromatic heterocycles. The molecule has 0 fully saturated rings. The van der Waals surface area contributed by atoms with Crippen LogP contribution in [0, 0.1) is 0 Å². The summed E-state index contributed by atoms with van der Waals surface area (Å²) in [6.07, 6.45) is 0. The molecule has 4 heteroatoms. The first-order chi connectivity index (χ1) is 3.41. The Balaban J connectivity index is -0.0000000360. The molecule has 0 aliphatic rings. The summed E-state index contributed by atoms with van der Waals surface area (Å²) in [7, 11) is 1.00. The maximum absolute atomic E-state index is 8.00. The average molecular weight is 138 g/mol. The highest BCUT2D eigenvalue weighted by Gasteiger charge is 1.01. The Hall–Kier alpha value is -0.150. The molecule has 2 nitrogen and oxygen atoms in total. The van der Waals surface area contributed by atoms with Gasteiger partial charge in [0.1, 0.15) is 6.79 Å². The number of hydrogen-bond donors (Lipinski definition) is 1. The third-order valence-corrected chi connectivity index (χ3v) is 0. The van der Waals surface area contributed by atoms with Crippen molar-refractivity contribution in [3.8, 4) is 0 Å². The number of rotatable bonds is 0. The lowest BCUT2D eigenvalue weighted by atomic mass is 11.8. The Labute approximate surface area is 53.2 Å². The number of thiocarbonyl (C=S) groups is 2. The van der Waals surface area contributed by atoms with Crippen molar-refractivity contribution < 1.29 is 9.90 Å². The lowest BCUT2D eigenvalue weighted by Crippen LogP contribution is -1.25. The number of aliphatic hydroxyl groups excluding tert-OH is 1. The van der Waals surface area contributed by atoms with E-state index in [2.05, 4.69) is 24.4 Å². The van der Waals surface area contributed by atoms with E-state index in [1.54, 1.807) is 0 Å². The summed E-state index contributed by atoms with van der Waals surface area (Å²) in [4.78, 5) is 8.00. The maximum atomic E-state index is 8.00. The number of carbonyl (C=O) groups is 1. The van der Waals surface area contributed by atoms with Crippen LogP contribution in [0.5, 0.6) is 0 Å². The fraction of sp³-hybridized carbons (Fsp3) is 0.333. The highest BCUT2D eigenvalue weighted by atomic mass is 32.1. The molecule has 0 radical (unpaired) electrons. The van der Waals surface area contributed by atoms with Crippen LogP contribution < -0.4 is 0 Å². The first kappa shape index (κ1) is 15.8. The fourth-order valence-corrected chi connectivity index (χ4v) is 0. The van der Waals surface area contributed by atoms with Gasteiger partial charge in [-0.3, -0.25) is 0 Å². The van der Waals surface area contributed by atoms with Crippen LogP contribution in [-0.4, -0.2) is 23.3 Å². The second-order valence-corrected chi connectivity index (χ2v) is 0.750. The Morgan fingerprint density at radius 2 is 1.43 bits per heavy atom. The van der Waals surface area contributed by atoms with E-state index in [4.69, 9.17) is 9.90 Å². The summed E-state index contributed by atoms with van der Waals surface area (Å²) >= 11 is 7.92. The number of hydrogen-bond acceptors (Lipinski definition) is 4. The minimum atomic E-state index is 1.00. The quantitative estimate of drug-likeness (QED) is 0.493. The van der Waals surface area contributed by atoms with Gasteiger partial charge >= 0.3 is 0 Å². The van der Waals surface area contributed by atoms with E-state index in [-0.39, 0.29) is 0 Å². The van der Waals surface area contributed by atoms with Crippen molar-refractivity contribution >= 4 is 35.5 Å². The molecule has 0 aliphatic carbocycles. The van der Waals surface area contributed by atoms with Crippen molar-refractivity contribution in [2.45, 2.75) is 0 Å². The molecule has 0 rings (SSSR count). The second kappa shape index (κ2) is 190. The van der Waals surface area contributed by atoms with Crippen molar-refractivity contribution in [2.75, 3.05) is 7.11 Å². The van der Waals surface area contributed by atoms with E-state index in [0.717, 1.165) is 7.11 Å². The van der Waals surface area contributed by atoms with Crippen LogP contribution in [0.2, 0.25) is 0 Å². The molecule has 0 saturated heterocycles. The molecule has 0 aromatic carbocycles. The van der Waals surface area contributed by atoms with E-state index < -0.39 is 0 Å². The Morgan fingerprint density at radius 1 is 1.43 bits per heavy atom. The first-order valence-corrected chi connectivity index (χ1v) is 1.96. The maximum Gasteiger partial charge on any atom is 0.106 e. The molecular weight excluding hydrogens is 132 g/mol. The predicted octanol–water partition coefficient (Wildman–Crippen LogP) is 0.442. The third kappa shape index (κ3) is 3850. The molecule has 0 atom stereocenters. The monoisotopic (exact) mass is 138 g/mol. The van der Waals surface area contributed by atoms with E-state index >= 15 is 0 Å². The van der Waals surface area contributed by atoms with Crippen LogP contribution in [0.3, 0.4) is 0 Å². The van der Waals surface area contributed by atoms with Gasteiger partial charge in [0.15, 0.2) is 0 Å². The number of aliphatic hydroxyl groups is 1. The summed E-state index contributed by atoms with van der Waals surface area (Å²) in [5.41, 5.74) is 0. The highest BCUT2D eigenvalue weighted by Crippen LogP contribution is 1.29. The summed E-state index contributed by atoms with van der Waals surface area (Å²) < 4.78 is 1.92. The van der Waals surface area contributed by atoms with Crippen LogP contribution in [0.15, 0.2) is 0 Å². The van der Waals surface area contributed by atoms with Gasteiger partial charge in [-0.25, -0.2) is 0 Å². The molecule has 0 aliphatic heterocycles. The Kier molecular flexibility index (Phi) is 430. The zero-order valence-corrected chi connectivity index (χ0v) is 5.51. The van der Waals surface area contributed by atoms with Crippen LogP contribution in [-0.2, 0) is 4.79 Å². The summed E-state index contributed by atoms with van der Waals surface area (Å²) in [5, 5.41) is 7.00. The molecule has 0 unspecified atom stereocenters. The lowest BCUT2D eigenvalue weighted by molar-refractivity contribution is -0.0979. The minimum Gasteiger partial charge on any atom is -0.400 e. The Morgan fingerprint density at radius 3 is 1.43 bits per heavy atom. The first-order valence-electron chi connectivity index (χ1n) is 1.14. The molecule has 7 heavy (non-hydrogen) atoms. The van der Waals surface area contributed by atoms with Crippen LogP contribution in [0.1, 0.15) is 0 Å². The topological polar surface area (TPSA) is 37.3 Å². The lowest BCUT2D eigenvalue weighted by Gasteiger charge is -1.21. The second-order valence-electron chi connectivity index (χ2n) is 0.0833. The van der Waals surface area contributed by atoms with Crippen LogP contribution in [0.4, 0.5) is 0 Å². The molecular formula is C3H6O2S2. The van der Waals surface area contributed by atoms with Gasteiger partial charge in [-0.15, -0.1) is 0 Å². The standard InChI is InChI=1S/CH4O.CH2O.CS2/c2*1-2;2-1-3/h2H,1H3;1H2;. The molecule has 0 aromatic rings. The van der Waals surface area contributed by atoms with Gasteiger partial charge in [-0.05, 0) is 24.4 Å². The highest BCUT2D eigenvalue weighted by molar-refractivity contribution is 7.93. The SMILES string of the molecule is C=O.CO.S=C=S. The molecule has 0 heterocycles. The van der Waals surface area contributed by atoms with E-state index in [9.17, 15) is 0 Å². The Bertz CT molecular complexity index is 40.2. The summed E-state index contributed by atoms with van der Waals surface area (Å²) in [6.45, 7) is 2.00. The zero-order chi connectivity index (χ0) is 6.71. The van der Waals surface area contributed by atoms with Crippen molar-refractivity contribution in [3.63, 3.8) is 0 Å². The molecule has 0 spiro atoms. The third-order valence-electron chi connectivity index (χ3n) is 0. The van der Waals surface area contributed by atoms with Crippen LogP contribution in [0.25, 0.3) is 0 Å². The average Bonchev–Trinajstić information content (AvgIpc) is 1.78. The van der Waals surface area contributed by atoms with Gasteiger partial charge in [-0.2, -0.15) is 0 Å². The molecule has 0 amide bonds. The molecule has 0 bridgehead atoms. The molecule has 42 valence electrons. The zero-order valence-electron chi connectivity index (χ0n) is 3.88. The van der Waals surface area contributed by atoms with Crippen molar-refractivity contribution in [1.29, 1.82) is 0 Å². The predicted molar refractivity (Wildman–Crippen MR) is 35.5 cm³/mol. The molecule has 0 saturated carbocycles. The van der Waals surface area contributed by atoms with Gasteiger partial charge in [0.25, 0.3) is 0 Å². The van der Waals surface area contributed by atoms with Crippen molar-refractivity contribution in [2.24, 2.45) is 0 Å². The fourth-order valence-electron chi connectivity index (χ4n) is 0. The van der Waals surface area contributed by atoms with Gasteiger partial charge in [0.2, 0.25) is 0 Å². The number of carbonyl (C=O) groups excluding carboxylic acids is 1. The van der Waals surface area contributed by atoms with Gasteiger partial charge in [0.05, 0.1) is 0 Å². The smallest absolute Gasteiger partial charge is 0.106 e.